The Kier molecular flexibility index (Phi) is 3.26. The van der Waals surface area contributed by atoms with Crippen LogP contribution in [0.5, 0.6) is 0 Å². The van der Waals surface area contributed by atoms with Crippen molar-refractivity contribution >= 4 is 9.84 Å². The molecule has 78 valence electrons. The number of benzene rings is 1. The first kappa shape index (κ1) is 11.2. The van der Waals surface area contributed by atoms with Crippen LogP contribution in [0.25, 0.3) is 0 Å². The summed E-state index contributed by atoms with van der Waals surface area (Å²) in [5.74, 6) is -0.681. The number of aryl methyl sites for hydroxylation is 1. The van der Waals surface area contributed by atoms with Gasteiger partial charge in [-0.05, 0) is 18.1 Å². The fourth-order valence-electron chi connectivity index (χ4n) is 1.24. The minimum Gasteiger partial charge on any atom is -0.229 e. The molecule has 4 heteroatoms. The van der Waals surface area contributed by atoms with Crippen LogP contribution < -0.4 is 0 Å². The van der Waals surface area contributed by atoms with Crippen LogP contribution in [0.4, 0.5) is 4.39 Å². The topological polar surface area (TPSA) is 34.1 Å². The van der Waals surface area contributed by atoms with Gasteiger partial charge >= 0.3 is 0 Å². The molecule has 0 aromatic heterocycles. The molecular weight excluding hydrogens is 203 g/mol. The quantitative estimate of drug-likeness (QED) is 0.773. The molecule has 1 aromatic rings. The molecule has 2 nitrogen and oxygen atoms in total. The van der Waals surface area contributed by atoms with Crippen LogP contribution in [0, 0.1) is 5.82 Å². The molecule has 0 bridgehead atoms. The van der Waals surface area contributed by atoms with Gasteiger partial charge in [0, 0.05) is 11.8 Å². The zero-order valence-electron chi connectivity index (χ0n) is 8.25. The maximum absolute atomic E-state index is 13.2. The highest BCUT2D eigenvalue weighted by Gasteiger charge is 2.09. The fraction of sp³-hybridized carbons (Fsp3) is 0.400. The second kappa shape index (κ2) is 4.09. The lowest BCUT2D eigenvalue weighted by Crippen LogP contribution is -2.03. The van der Waals surface area contributed by atoms with Crippen LogP contribution in [-0.2, 0) is 22.0 Å². The summed E-state index contributed by atoms with van der Waals surface area (Å²) in [6.07, 6.45) is 1.88. The summed E-state index contributed by atoms with van der Waals surface area (Å²) in [6, 6.07) is 4.59. The Bertz CT molecular complexity index is 424. The molecular formula is C10H13FO2S. The summed E-state index contributed by atoms with van der Waals surface area (Å²) < 4.78 is 35.1. The minimum absolute atomic E-state index is 0.229. The average molecular weight is 216 g/mol. The van der Waals surface area contributed by atoms with Gasteiger partial charge in [-0.1, -0.05) is 19.1 Å². The molecule has 0 amide bonds. The van der Waals surface area contributed by atoms with E-state index in [0.717, 1.165) is 18.2 Å². The molecule has 0 spiro atoms. The van der Waals surface area contributed by atoms with Crippen molar-refractivity contribution in [2.45, 2.75) is 19.1 Å². The van der Waals surface area contributed by atoms with Crippen molar-refractivity contribution < 1.29 is 12.8 Å². The maximum atomic E-state index is 13.2. The van der Waals surface area contributed by atoms with Crippen LogP contribution in [-0.4, -0.2) is 14.7 Å². The number of sulfone groups is 1. The molecule has 0 aliphatic heterocycles. The zero-order chi connectivity index (χ0) is 10.8. The molecule has 0 atom stereocenters. The summed E-state index contributed by atoms with van der Waals surface area (Å²) in [7, 11) is -3.16. The molecule has 1 rings (SSSR count). The third-order valence-corrected chi connectivity index (χ3v) is 2.77. The molecule has 0 unspecified atom stereocenters. The van der Waals surface area contributed by atoms with Crippen molar-refractivity contribution in [3.63, 3.8) is 0 Å². The van der Waals surface area contributed by atoms with E-state index in [0.29, 0.717) is 0 Å². The molecule has 0 fully saturated rings. The van der Waals surface area contributed by atoms with Crippen LogP contribution in [0.2, 0.25) is 0 Å². The van der Waals surface area contributed by atoms with Crippen LogP contribution in [0.15, 0.2) is 18.2 Å². The monoisotopic (exact) mass is 216 g/mol. The molecule has 0 aliphatic rings. The Morgan fingerprint density at radius 3 is 2.50 bits per heavy atom. The van der Waals surface area contributed by atoms with Gasteiger partial charge in [-0.15, -0.1) is 0 Å². The summed E-state index contributed by atoms with van der Waals surface area (Å²) in [4.78, 5) is 0. The average Bonchev–Trinajstić information content (AvgIpc) is 2.06. The lowest BCUT2D eigenvalue weighted by Gasteiger charge is -2.04. The fourth-order valence-corrected chi connectivity index (χ4v) is 2.03. The van der Waals surface area contributed by atoms with Crippen LogP contribution >= 0.6 is 0 Å². The Labute approximate surface area is 83.7 Å². The largest absolute Gasteiger partial charge is 0.229 e. The van der Waals surface area contributed by atoms with Crippen molar-refractivity contribution in [1.29, 1.82) is 0 Å². The van der Waals surface area contributed by atoms with E-state index in [-0.39, 0.29) is 11.3 Å². The molecule has 0 saturated heterocycles. The molecule has 0 N–H and O–H groups in total. The second-order valence-corrected chi connectivity index (χ2v) is 5.49. The number of rotatable bonds is 3. The van der Waals surface area contributed by atoms with E-state index < -0.39 is 15.7 Å². The van der Waals surface area contributed by atoms with Gasteiger partial charge in [0.05, 0.1) is 5.75 Å². The molecule has 0 heterocycles. The first-order chi connectivity index (χ1) is 6.42. The van der Waals surface area contributed by atoms with E-state index in [1.807, 2.05) is 6.92 Å². The number of hydrogen-bond donors (Lipinski definition) is 0. The Morgan fingerprint density at radius 1 is 1.36 bits per heavy atom. The SMILES string of the molecule is CCc1ccc(F)c(CS(C)(=O)=O)c1. The highest BCUT2D eigenvalue weighted by Crippen LogP contribution is 2.13. The molecule has 0 aliphatic carbocycles. The Balaban J connectivity index is 3.07. The van der Waals surface area contributed by atoms with Crippen molar-refractivity contribution in [3.8, 4) is 0 Å². The van der Waals surface area contributed by atoms with Gasteiger partial charge in [-0.2, -0.15) is 0 Å². The third-order valence-electron chi connectivity index (χ3n) is 1.94. The Morgan fingerprint density at radius 2 is 2.00 bits per heavy atom. The first-order valence-electron chi connectivity index (χ1n) is 4.37. The highest BCUT2D eigenvalue weighted by molar-refractivity contribution is 7.89. The van der Waals surface area contributed by atoms with E-state index in [9.17, 15) is 12.8 Å². The maximum Gasteiger partial charge on any atom is 0.151 e. The van der Waals surface area contributed by atoms with Crippen molar-refractivity contribution in [2.75, 3.05) is 6.26 Å². The summed E-state index contributed by atoms with van der Waals surface area (Å²) >= 11 is 0. The normalized spacial score (nSPS) is 11.6. The van der Waals surface area contributed by atoms with Crippen LogP contribution in [0.1, 0.15) is 18.1 Å². The van der Waals surface area contributed by atoms with Gasteiger partial charge in [0.15, 0.2) is 9.84 Å². The zero-order valence-corrected chi connectivity index (χ0v) is 9.07. The van der Waals surface area contributed by atoms with Gasteiger partial charge < -0.3 is 0 Å². The number of halogens is 1. The molecule has 1 aromatic carbocycles. The van der Waals surface area contributed by atoms with Gasteiger partial charge in [0.25, 0.3) is 0 Å². The van der Waals surface area contributed by atoms with E-state index in [1.165, 1.54) is 6.07 Å². The Hall–Kier alpha value is -0.900. The molecule has 14 heavy (non-hydrogen) atoms. The predicted molar refractivity (Wildman–Crippen MR) is 54.3 cm³/mol. The van der Waals surface area contributed by atoms with Crippen molar-refractivity contribution in [3.05, 3.63) is 35.1 Å². The highest BCUT2D eigenvalue weighted by atomic mass is 32.2. The lowest BCUT2D eigenvalue weighted by molar-refractivity contribution is 0.591. The van der Waals surface area contributed by atoms with Crippen molar-refractivity contribution in [2.24, 2.45) is 0 Å². The molecule has 0 saturated carbocycles. The summed E-state index contributed by atoms with van der Waals surface area (Å²) in [5, 5.41) is 0. The van der Waals surface area contributed by atoms with Gasteiger partial charge in [-0.25, -0.2) is 12.8 Å². The minimum atomic E-state index is -3.16. The number of hydrogen-bond acceptors (Lipinski definition) is 2. The van der Waals surface area contributed by atoms with E-state index >= 15 is 0 Å². The van der Waals surface area contributed by atoms with Crippen molar-refractivity contribution in [1.82, 2.24) is 0 Å². The smallest absolute Gasteiger partial charge is 0.151 e. The van der Waals surface area contributed by atoms with Gasteiger partial charge in [0.1, 0.15) is 5.82 Å². The predicted octanol–water partition coefficient (Wildman–Crippen LogP) is 1.93. The second-order valence-electron chi connectivity index (χ2n) is 3.35. The van der Waals surface area contributed by atoms with Gasteiger partial charge in [-0.3, -0.25) is 0 Å². The molecule has 0 radical (unpaired) electrons. The summed E-state index contributed by atoms with van der Waals surface area (Å²) in [6.45, 7) is 1.94. The van der Waals surface area contributed by atoms with Crippen LogP contribution in [0.3, 0.4) is 0 Å². The first-order valence-corrected chi connectivity index (χ1v) is 6.43. The lowest BCUT2D eigenvalue weighted by atomic mass is 10.1. The third kappa shape index (κ3) is 3.10. The van der Waals surface area contributed by atoms with E-state index in [4.69, 9.17) is 0 Å². The summed E-state index contributed by atoms with van der Waals surface area (Å²) in [5.41, 5.74) is 1.21. The van der Waals surface area contributed by atoms with Gasteiger partial charge in [0.2, 0.25) is 0 Å². The standard InChI is InChI=1S/C10H13FO2S/c1-3-8-4-5-10(11)9(6-8)7-14(2,12)13/h4-6H,3,7H2,1-2H3. The van der Waals surface area contributed by atoms with E-state index in [2.05, 4.69) is 0 Å². The van der Waals surface area contributed by atoms with E-state index in [1.54, 1.807) is 12.1 Å².